The summed E-state index contributed by atoms with van der Waals surface area (Å²) in [5.74, 6) is -0.814. The van der Waals surface area contributed by atoms with Crippen LogP contribution in [-0.4, -0.2) is 6.54 Å². The average molecular weight is 201 g/mol. The van der Waals surface area contributed by atoms with Crippen LogP contribution in [0, 0.1) is 5.82 Å². The maximum absolute atomic E-state index is 13.1. The Hall–Kier alpha value is -1.03. The highest BCUT2D eigenvalue weighted by atomic mass is 19.3. The summed E-state index contributed by atoms with van der Waals surface area (Å²) in [6.45, 7) is 0.809. The Balaban J connectivity index is 2.41. The molecule has 1 aliphatic heterocycles. The van der Waals surface area contributed by atoms with Gasteiger partial charge in [-0.2, -0.15) is 0 Å². The fraction of sp³-hybridized carbons (Fsp3) is 0.400. The predicted molar refractivity (Wildman–Crippen MR) is 46.7 cm³/mol. The van der Waals surface area contributed by atoms with Gasteiger partial charge in [0.1, 0.15) is 5.82 Å². The Labute approximate surface area is 79.9 Å². The Morgan fingerprint density at radius 3 is 2.57 bits per heavy atom. The van der Waals surface area contributed by atoms with Crippen LogP contribution in [-0.2, 0) is 0 Å². The number of alkyl halides is 2. The molecule has 0 aromatic heterocycles. The molecule has 1 N–H and O–H groups in total. The monoisotopic (exact) mass is 201 g/mol. The minimum atomic E-state index is -2.74. The van der Waals surface area contributed by atoms with E-state index in [0.717, 1.165) is 19.0 Å². The van der Waals surface area contributed by atoms with Crippen molar-refractivity contribution < 1.29 is 13.2 Å². The van der Waals surface area contributed by atoms with E-state index in [-0.39, 0.29) is 6.04 Å². The minimum absolute atomic E-state index is 0.102. The third kappa shape index (κ3) is 1.50. The molecule has 1 fully saturated rings. The quantitative estimate of drug-likeness (QED) is 0.775. The average Bonchev–Trinajstić information content (AvgIpc) is 1.99. The van der Waals surface area contributed by atoms with E-state index >= 15 is 0 Å². The van der Waals surface area contributed by atoms with E-state index in [1.54, 1.807) is 6.07 Å². The van der Waals surface area contributed by atoms with Crippen molar-refractivity contribution in [3.8, 4) is 0 Å². The second-order valence-corrected chi connectivity index (χ2v) is 3.34. The normalized spacial score (nSPS) is 21.0. The molecule has 1 aliphatic rings. The molecule has 1 heterocycles. The Kier molecular flexibility index (Phi) is 2.46. The SMILES string of the molecule is Fc1cccc([C@H]2CCN2)c1C(F)F. The van der Waals surface area contributed by atoms with E-state index in [0.29, 0.717) is 5.56 Å². The topological polar surface area (TPSA) is 12.0 Å². The predicted octanol–water partition coefficient (Wildman–Crippen LogP) is 2.80. The molecule has 1 atom stereocenters. The molecule has 0 saturated carbocycles. The summed E-state index contributed by atoms with van der Waals surface area (Å²) in [4.78, 5) is 0. The molecule has 1 saturated heterocycles. The van der Waals surface area contributed by atoms with Gasteiger partial charge in [0.05, 0.1) is 5.56 Å². The zero-order valence-corrected chi connectivity index (χ0v) is 7.43. The third-order valence-corrected chi connectivity index (χ3v) is 2.50. The highest BCUT2D eigenvalue weighted by Gasteiger charge is 2.26. The smallest absolute Gasteiger partial charge is 0.266 e. The molecule has 1 nitrogen and oxygen atoms in total. The lowest BCUT2D eigenvalue weighted by atomic mass is 9.93. The summed E-state index contributed by atoms with van der Waals surface area (Å²) in [6.07, 6.45) is -1.95. The maximum atomic E-state index is 13.1. The van der Waals surface area contributed by atoms with E-state index in [4.69, 9.17) is 0 Å². The molecule has 4 heteroatoms. The largest absolute Gasteiger partial charge is 0.310 e. The van der Waals surface area contributed by atoms with Gasteiger partial charge in [-0.25, -0.2) is 13.2 Å². The van der Waals surface area contributed by atoms with Gasteiger partial charge < -0.3 is 5.32 Å². The van der Waals surface area contributed by atoms with Gasteiger partial charge in [0.2, 0.25) is 0 Å². The summed E-state index contributed by atoms with van der Waals surface area (Å²) < 4.78 is 38.2. The molecule has 0 radical (unpaired) electrons. The molecular weight excluding hydrogens is 191 g/mol. The summed E-state index contributed by atoms with van der Waals surface area (Å²) in [7, 11) is 0. The van der Waals surface area contributed by atoms with Crippen molar-refractivity contribution in [1.29, 1.82) is 0 Å². The van der Waals surface area contributed by atoms with Crippen LogP contribution >= 0.6 is 0 Å². The molecule has 0 aliphatic carbocycles. The van der Waals surface area contributed by atoms with Gasteiger partial charge in [-0.3, -0.25) is 0 Å². The van der Waals surface area contributed by atoms with E-state index in [2.05, 4.69) is 5.32 Å². The van der Waals surface area contributed by atoms with Gasteiger partial charge in [-0.05, 0) is 24.6 Å². The second kappa shape index (κ2) is 3.61. The summed E-state index contributed by atoms with van der Waals surface area (Å²) in [5.41, 5.74) is -0.0593. The van der Waals surface area contributed by atoms with E-state index in [1.807, 2.05) is 0 Å². The van der Waals surface area contributed by atoms with Gasteiger partial charge in [-0.1, -0.05) is 12.1 Å². The van der Waals surface area contributed by atoms with Gasteiger partial charge in [-0.15, -0.1) is 0 Å². The zero-order chi connectivity index (χ0) is 10.1. The van der Waals surface area contributed by atoms with Gasteiger partial charge in [0.25, 0.3) is 6.43 Å². The molecule has 76 valence electrons. The first kappa shape index (κ1) is 9.52. The van der Waals surface area contributed by atoms with Crippen molar-refractivity contribution in [1.82, 2.24) is 5.32 Å². The molecule has 0 spiro atoms. The van der Waals surface area contributed by atoms with Crippen LogP contribution in [0.4, 0.5) is 13.2 Å². The van der Waals surface area contributed by atoms with Gasteiger partial charge in [0, 0.05) is 6.04 Å². The zero-order valence-electron chi connectivity index (χ0n) is 7.43. The van der Waals surface area contributed by atoms with Crippen LogP contribution in [0.3, 0.4) is 0 Å². The van der Waals surface area contributed by atoms with Crippen molar-refractivity contribution in [3.63, 3.8) is 0 Å². The molecule has 1 aromatic carbocycles. The van der Waals surface area contributed by atoms with Crippen LogP contribution in [0.2, 0.25) is 0 Å². The summed E-state index contributed by atoms with van der Waals surface area (Å²) >= 11 is 0. The Bertz CT molecular complexity index is 334. The first-order valence-electron chi connectivity index (χ1n) is 4.50. The lowest BCUT2D eigenvalue weighted by Gasteiger charge is -2.29. The molecule has 14 heavy (non-hydrogen) atoms. The van der Waals surface area contributed by atoms with E-state index in [9.17, 15) is 13.2 Å². The van der Waals surface area contributed by atoms with Crippen molar-refractivity contribution in [2.24, 2.45) is 0 Å². The Morgan fingerprint density at radius 2 is 2.07 bits per heavy atom. The molecular formula is C10H10F3N. The molecule has 0 amide bonds. The van der Waals surface area contributed by atoms with Crippen molar-refractivity contribution in [2.75, 3.05) is 6.54 Å². The van der Waals surface area contributed by atoms with Crippen molar-refractivity contribution in [2.45, 2.75) is 18.9 Å². The lowest BCUT2D eigenvalue weighted by molar-refractivity contribution is 0.143. The lowest BCUT2D eigenvalue weighted by Crippen LogP contribution is -2.35. The second-order valence-electron chi connectivity index (χ2n) is 3.34. The first-order valence-corrected chi connectivity index (χ1v) is 4.50. The van der Waals surface area contributed by atoms with Gasteiger partial charge in [0.15, 0.2) is 0 Å². The minimum Gasteiger partial charge on any atom is -0.310 e. The summed E-state index contributed by atoms with van der Waals surface area (Å²) in [6, 6.07) is 4.00. The van der Waals surface area contributed by atoms with E-state index in [1.165, 1.54) is 6.07 Å². The Morgan fingerprint density at radius 1 is 1.36 bits per heavy atom. The number of benzene rings is 1. The highest BCUT2D eigenvalue weighted by Crippen LogP contribution is 2.33. The van der Waals surface area contributed by atoms with Crippen molar-refractivity contribution >= 4 is 0 Å². The number of hydrogen-bond donors (Lipinski definition) is 1. The standard InChI is InChI=1S/C10H10F3N/c11-7-3-1-2-6(8-4-5-14-8)9(7)10(12)13/h1-3,8,10,14H,4-5H2/t8-/m1/s1. The summed E-state index contributed by atoms with van der Waals surface area (Å²) in [5, 5.41) is 2.98. The fourth-order valence-electron chi connectivity index (χ4n) is 1.64. The number of halogens is 3. The van der Waals surface area contributed by atoms with Crippen LogP contribution in [0.5, 0.6) is 0 Å². The van der Waals surface area contributed by atoms with Gasteiger partial charge >= 0.3 is 0 Å². The fourth-order valence-corrected chi connectivity index (χ4v) is 1.64. The number of rotatable bonds is 2. The highest BCUT2D eigenvalue weighted by molar-refractivity contribution is 5.33. The third-order valence-electron chi connectivity index (χ3n) is 2.50. The molecule has 2 rings (SSSR count). The van der Waals surface area contributed by atoms with Crippen LogP contribution in [0.15, 0.2) is 18.2 Å². The number of hydrogen-bond acceptors (Lipinski definition) is 1. The van der Waals surface area contributed by atoms with Crippen molar-refractivity contribution in [3.05, 3.63) is 35.1 Å². The van der Waals surface area contributed by atoms with Crippen LogP contribution < -0.4 is 5.32 Å². The first-order chi connectivity index (χ1) is 6.70. The van der Waals surface area contributed by atoms with Crippen LogP contribution in [0.1, 0.15) is 30.0 Å². The molecule has 1 aromatic rings. The number of nitrogens with one attached hydrogen (secondary N) is 1. The molecule has 0 bridgehead atoms. The van der Waals surface area contributed by atoms with E-state index < -0.39 is 17.8 Å². The maximum Gasteiger partial charge on any atom is 0.266 e. The van der Waals surface area contributed by atoms with Crippen LogP contribution in [0.25, 0.3) is 0 Å². The molecule has 0 unspecified atom stereocenters.